The predicted molar refractivity (Wildman–Crippen MR) is 61.9 cm³/mol. The monoisotopic (exact) mass is 227 g/mol. The van der Waals surface area contributed by atoms with Crippen molar-refractivity contribution in [2.24, 2.45) is 4.40 Å². The summed E-state index contributed by atoms with van der Waals surface area (Å²) < 4.78 is 27.8. The normalized spacial score (nSPS) is 14.5. The zero-order chi connectivity index (χ0) is 11.5. The van der Waals surface area contributed by atoms with Crippen LogP contribution in [0, 0.1) is 5.82 Å². The average molecular weight is 227 g/mol. The van der Waals surface area contributed by atoms with E-state index in [0.717, 1.165) is 0 Å². The van der Waals surface area contributed by atoms with Crippen LogP contribution in [0.25, 0.3) is 0 Å². The van der Waals surface area contributed by atoms with Gasteiger partial charge in [-0.2, -0.15) is 0 Å². The molecule has 2 nitrogen and oxygen atoms in total. The number of benzene rings is 1. The van der Waals surface area contributed by atoms with Gasteiger partial charge in [0.15, 0.2) is 0 Å². The zero-order valence-electron chi connectivity index (χ0n) is 9.03. The lowest BCUT2D eigenvalue weighted by Gasteiger charge is -2.17. The largest absolute Gasteiger partial charge is 0.591 e. The number of hydrogen-bond acceptors (Lipinski definition) is 2. The molecule has 0 aliphatic rings. The molecule has 4 heteroatoms. The molecule has 0 bridgehead atoms. The number of nitrogens with zero attached hydrogens (tertiary/aromatic N) is 1. The summed E-state index contributed by atoms with van der Waals surface area (Å²) in [5.74, 6) is -0.319. The summed E-state index contributed by atoms with van der Waals surface area (Å²) >= 11 is -1.30. The van der Waals surface area contributed by atoms with Crippen LogP contribution in [0.1, 0.15) is 26.3 Å². The second-order valence-electron chi connectivity index (χ2n) is 4.15. The molecule has 0 N–H and O–H groups in total. The van der Waals surface area contributed by atoms with E-state index in [1.54, 1.807) is 12.1 Å². The molecule has 0 aliphatic heterocycles. The highest BCUT2D eigenvalue weighted by Crippen LogP contribution is 2.16. The molecule has 0 saturated heterocycles. The first-order valence-corrected chi connectivity index (χ1v) is 5.72. The summed E-state index contributed by atoms with van der Waals surface area (Å²) in [4.78, 5) is 0. The number of hydrogen-bond donors (Lipinski definition) is 0. The Morgan fingerprint density at radius 2 is 2.07 bits per heavy atom. The molecule has 15 heavy (non-hydrogen) atoms. The van der Waals surface area contributed by atoms with Crippen LogP contribution < -0.4 is 0 Å². The van der Waals surface area contributed by atoms with Gasteiger partial charge in [-0.15, -0.1) is 0 Å². The highest BCUT2D eigenvalue weighted by atomic mass is 32.2. The van der Waals surface area contributed by atoms with Crippen molar-refractivity contribution in [3.63, 3.8) is 0 Å². The van der Waals surface area contributed by atoms with Gasteiger partial charge in [0.1, 0.15) is 21.9 Å². The quantitative estimate of drug-likeness (QED) is 0.565. The van der Waals surface area contributed by atoms with Crippen molar-refractivity contribution in [3.05, 3.63) is 35.6 Å². The second-order valence-corrected chi connectivity index (χ2v) is 6.08. The summed E-state index contributed by atoms with van der Waals surface area (Å²) in [5.41, 5.74) is 0.618. The van der Waals surface area contributed by atoms with Crippen LogP contribution in [-0.4, -0.2) is 15.5 Å². The van der Waals surface area contributed by atoms with Gasteiger partial charge in [0.25, 0.3) is 0 Å². The van der Waals surface area contributed by atoms with Gasteiger partial charge in [0.2, 0.25) is 0 Å². The summed E-state index contributed by atoms with van der Waals surface area (Å²) in [5, 5.41) is 0. The van der Waals surface area contributed by atoms with E-state index in [2.05, 4.69) is 4.40 Å². The van der Waals surface area contributed by atoms with Gasteiger partial charge in [0.05, 0.1) is 6.21 Å². The molecular formula is C11H14FNOS. The molecule has 0 amide bonds. The summed E-state index contributed by atoms with van der Waals surface area (Å²) in [6, 6.07) is 6.02. The standard InChI is InChI=1S/C11H14FNOS/c1-11(2,3)15(14)13-8-9-5-4-6-10(12)7-9/h4-8H,1-3H3/t15-/m0/s1. The molecule has 0 aliphatic carbocycles. The summed E-state index contributed by atoms with van der Waals surface area (Å²) in [7, 11) is 0. The Bertz CT molecular complexity index is 360. The Labute approximate surface area is 92.5 Å². The van der Waals surface area contributed by atoms with Gasteiger partial charge in [-0.05, 0) is 32.9 Å². The SMILES string of the molecule is CC(C)(C)[S@+]([O-])N=Cc1cccc(F)c1. The zero-order valence-corrected chi connectivity index (χ0v) is 9.84. The van der Waals surface area contributed by atoms with Gasteiger partial charge < -0.3 is 4.55 Å². The summed E-state index contributed by atoms with van der Waals surface area (Å²) in [6.45, 7) is 5.52. The Morgan fingerprint density at radius 1 is 1.40 bits per heavy atom. The molecule has 82 valence electrons. The van der Waals surface area contributed by atoms with Crippen LogP contribution in [0.2, 0.25) is 0 Å². The minimum absolute atomic E-state index is 0.319. The molecule has 0 unspecified atom stereocenters. The molecule has 0 spiro atoms. The lowest BCUT2D eigenvalue weighted by molar-refractivity contribution is 0.562. The maximum absolute atomic E-state index is 12.8. The first kappa shape index (κ1) is 12.2. The Kier molecular flexibility index (Phi) is 3.88. The van der Waals surface area contributed by atoms with Crippen molar-refractivity contribution in [2.75, 3.05) is 0 Å². The third kappa shape index (κ3) is 4.01. The maximum Gasteiger partial charge on any atom is 0.144 e. The van der Waals surface area contributed by atoms with Gasteiger partial charge in [-0.3, -0.25) is 0 Å². The molecule has 0 radical (unpaired) electrons. The van der Waals surface area contributed by atoms with Gasteiger partial charge >= 0.3 is 0 Å². The van der Waals surface area contributed by atoms with E-state index in [0.29, 0.717) is 5.56 Å². The fourth-order valence-electron chi connectivity index (χ4n) is 0.854. The minimum atomic E-state index is -1.30. The highest BCUT2D eigenvalue weighted by molar-refractivity contribution is 7.91. The third-order valence-corrected chi connectivity index (χ3v) is 3.01. The van der Waals surface area contributed by atoms with Gasteiger partial charge in [-0.1, -0.05) is 16.5 Å². The van der Waals surface area contributed by atoms with Crippen LogP contribution in [0.3, 0.4) is 0 Å². The molecule has 0 saturated carbocycles. The number of rotatable bonds is 2. The van der Waals surface area contributed by atoms with Crippen molar-refractivity contribution in [3.8, 4) is 0 Å². The Hall–Kier alpha value is -0.870. The predicted octanol–water partition coefficient (Wildman–Crippen LogP) is 2.71. The lowest BCUT2D eigenvalue weighted by Crippen LogP contribution is -2.25. The molecule has 0 fully saturated rings. The van der Waals surface area contributed by atoms with Crippen molar-refractivity contribution >= 4 is 17.6 Å². The van der Waals surface area contributed by atoms with Gasteiger partial charge in [0, 0.05) is 5.56 Å². The molecule has 1 aromatic carbocycles. The number of halogens is 1. The first-order valence-electron chi connectivity index (χ1n) is 4.61. The second kappa shape index (κ2) is 4.77. The van der Waals surface area contributed by atoms with Crippen molar-refractivity contribution in [2.45, 2.75) is 25.5 Å². The van der Waals surface area contributed by atoms with E-state index in [1.807, 2.05) is 20.8 Å². The van der Waals surface area contributed by atoms with E-state index in [4.69, 9.17) is 0 Å². The van der Waals surface area contributed by atoms with Crippen molar-refractivity contribution in [1.82, 2.24) is 0 Å². The minimum Gasteiger partial charge on any atom is -0.591 e. The van der Waals surface area contributed by atoms with E-state index in [9.17, 15) is 8.94 Å². The van der Waals surface area contributed by atoms with E-state index in [1.165, 1.54) is 18.3 Å². The fourth-order valence-corrected chi connectivity index (χ4v) is 1.39. The van der Waals surface area contributed by atoms with Crippen molar-refractivity contribution < 1.29 is 8.94 Å². The Morgan fingerprint density at radius 3 is 2.60 bits per heavy atom. The van der Waals surface area contributed by atoms with E-state index < -0.39 is 11.4 Å². The van der Waals surface area contributed by atoms with Crippen LogP contribution in [0.4, 0.5) is 4.39 Å². The van der Waals surface area contributed by atoms with E-state index >= 15 is 0 Å². The van der Waals surface area contributed by atoms with Gasteiger partial charge in [-0.25, -0.2) is 4.39 Å². The average Bonchev–Trinajstić information content (AvgIpc) is 2.12. The topological polar surface area (TPSA) is 35.4 Å². The molecular weight excluding hydrogens is 213 g/mol. The molecule has 0 heterocycles. The van der Waals surface area contributed by atoms with Crippen LogP contribution in [-0.2, 0) is 11.4 Å². The first-order chi connectivity index (χ1) is 6.89. The van der Waals surface area contributed by atoms with Crippen LogP contribution >= 0.6 is 0 Å². The molecule has 1 rings (SSSR count). The van der Waals surface area contributed by atoms with Crippen LogP contribution in [0.5, 0.6) is 0 Å². The third-order valence-electron chi connectivity index (χ3n) is 1.67. The lowest BCUT2D eigenvalue weighted by atomic mass is 10.2. The molecule has 0 aromatic heterocycles. The smallest absolute Gasteiger partial charge is 0.144 e. The summed E-state index contributed by atoms with van der Waals surface area (Å²) in [6.07, 6.45) is 1.43. The highest BCUT2D eigenvalue weighted by Gasteiger charge is 2.25. The Balaban J connectivity index is 2.74. The van der Waals surface area contributed by atoms with Crippen LogP contribution in [0.15, 0.2) is 28.7 Å². The van der Waals surface area contributed by atoms with Crippen molar-refractivity contribution in [1.29, 1.82) is 0 Å². The maximum atomic E-state index is 12.8. The fraction of sp³-hybridized carbons (Fsp3) is 0.364. The molecule has 1 aromatic rings. The molecule has 1 atom stereocenters. The van der Waals surface area contributed by atoms with E-state index in [-0.39, 0.29) is 10.6 Å².